The molecule has 0 fully saturated rings. The van der Waals surface area contributed by atoms with Crippen molar-refractivity contribution in [1.29, 1.82) is 0 Å². The summed E-state index contributed by atoms with van der Waals surface area (Å²) >= 11 is 5.61. The van der Waals surface area contributed by atoms with Crippen molar-refractivity contribution < 1.29 is 9.13 Å². The van der Waals surface area contributed by atoms with Crippen molar-refractivity contribution in [2.75, 3.05) is 5.73 Å². The molecule has 2 rings (SSSR count). The van der Waals surface area contributed by atoms with Crippen LogP contribution in [0, 0.1) is 5.82 Å². The summed E-state index contributed by atoms with van der Waals surface area (Å²) in [5, 5.41) is 0.388. The third kappa shape index (κ3) is 2.38. The number of halogens is 2. The van der Waals surface area contributed by atoms with E-state index < -0.39 is 5.82 Å². The summed E-state index contributed by atoms with van der Waals surface area (Å²) in [6.07, 6.45) is 2.75. The summed E-state index contributed by atoms with van der Waals surface area (Å²) in [5.41, 5.74) is 5.90. The van der Waals surface area contributed by atoms with Crippen LogP contribution in [0.1, 0.15) is 0 Å². The topological polar surface area (TPSA) is 61.0 Å². The standard InChI is InChI=1S/C10H7ClFN3O/c11-6-4-14-10(15-5-6)16-9-3-7(12)1-2-8(9)13/h1-5H,13H2. The molecule has 1 aromatic heterocycles. The molecule has 82 valence electrons. The van der Waals surface area contributed by atoms with Gasteiger partial charge in [0.05, 0.1) is 23.1 Å². The van der Waals surface area contributed by atoms with Crippen LogP contribution in [0.5, 0.6) is 11.8 Å². The minimum Gasteiger partial charge on any atom is -0.422 e. The average Bonchev–Trinajstić information content (AvgIpc) is 2.27. The van der Waals surface area contributed by atoms with Gasteiger partial charge < -0.3 is 10.5 Å². The van der Waals surface area contributed by atoms with Gasteiger partial charge in [0.15, 0.2) is 5.75 Å². The van der Waals surface area contributed by atoms with Crippen LogP contribution in [0.4, 0.5) is 10.1 Å². The Hall–Kier alpha value is -1.88. The Kier molecular flexibility index (Phi) is 2.87. The third-order valence-electron chi connectivity index (χ3n) is 1.77. The molecule has 0 unspecified atom stereocenters. The number of benzene rings is 1. The molecule has 0 aliphatic carbocycles. The summed E-state index contributed by atoms with van der Waals surface area (Å²) in [6.45, 7) is 0. The largest absolute Gasteiger partial charge is 0.422 e. The van der Waals surface area contributed by atoms with Gasteiger partial charge in [-0.1, -0.05) is 11.6 Å². The number of nitrogen functional groups attached to an aromatic ring is 1. The van der Waals surface area contributed by atoms with Crippen LogP contribution in [0.2, 0.25) is 5.02 Å². The number of hydrogen-bond acceptors (Lipinski definition) is 4. The number of nitrogens with zero attached hydrogens (tertiary/aromatic N) is 2. The first-order chi connectivity index (χ1) is 7.65. The number of nitrogens with two attached hydrogens (primary N) is 1. The van der Waals surface area contributed by atoms with Crippen molar-refractivity contribution in [2.45, 2.75) is 0 Å². The van der Waals surface area contributed by atoms with Crippen molar-refractivity contribution in [3.8, 4) is 11.8 Å². The lowest BCUT2D eigenvalue weighted by molar-refractivity contribution is 0.440. The molecule has 2 aromatic rings. The van der Waals surface area contributed by atoms with Gasteiger partial charge in [0.25, 0.3) is 0 Å². The van der Waals surface area contributed by atoms with Crippen LogP contribution in [-0.4, -0.2) is 9.97 Å². The van der Waals surface area contributed by atoms with Crippen LogP contribution < -0.4 is 10.5 Å². The number of rotatable bonds is 2. The van der Waals surface area contributed by atoms with Gasteiger partial charge in [-0.05, 0) is 12.1 Å². The van der Waals surface area contributed by atoms with Crippen LogP contribution in [0.25, 0.3) is 0 Å². The lowest BCUT2D eigenvalue weighted by Gasteiger charge is -2.06. The van der Waals surface area contributed by atoms with Crippen LogP contribution in [0.15, 0.2) is 30.6 Å². The fraction of sp³-hybridized carbons (Fsp3) is 0. The molecule has 1 heterocycles. The molecule has 2 N–H and O–H groups in total. The second-order valence-corrected chi connectivity index (χ2v) is 3.40. The van der Waals surface area contributed by atoms with E-state index in [9.17, 15) is 4.39 Å². The van der Waals surface area contributed by atoms with E-state index in [2.05, 4.69) is 9.97 Å². The molecule has 0 spiro atoms. The molecule has 0 aliphatic rings. The maximum absolute atomic E-state index is 12.9. The molecule has 4 nitrogen and oxygen atoms in total. The van der Waals surface area contributed by atoms with Gasteiger partial charge in [0.2, 0.25) is 0 Å². The van der Waals surface area contributed by atoms with E-state index in [0.29, 0.717) is 10.7 Å². The van der Waals surface area contributed by atoms with Gasteiger partial charge in [-0.3, -0.25) is 0 Å². The first-order valence-corrected chi connectivity index (χ1v) is 4.73. The molecule has 0 aliphatic heterocycles. The normalized spacial score (nSPS) is 10.1. The summed E-state index contributed by atoms with van der Waals surface area (Å²) in [7, 11) is 0. The number of ether oxygens (including phenoxy) is 1. The van der Waals surface area contributed by atoms with Crippen molar-refractivity contribution in [3.63, 3.8) is 0 Å². The van der Waals surface area contributed by atoms with E-state index in [1.807, 2.05) is 0 Å². The predicted molar refractivity (Wildman–Crippen MR) is 57.9 cm³/mol. The highest BCUT2D eigenvalue weighted by Gasteiger charge is 2.05. The molecule has 0 amide bonds. The SMILES string of the molecule is Nc1ccc(F)cc1Oc1ncc(Cl)cn1. The molecule has 0 radical (unpaired) electrons. The van der Waals surface area contributed by atoms with Crippen LogP contribution in [0.3, 0.4) is 0 Å². The molecule has 6 heteroatoms. The highest BCUT2D eigenvalue weighted by atomic mass is 35.5. The molecular formula is C10H7ClFN3O. The Labute approximate surface area is 95.9 Å². The maximum atomic E-state index is 12.9. The van der Waals surface area contributed by atoms with Crippen molar-refractivity contribution in [1.82, 2.24) is 9.97 Å². The zero-order chi connectivity index (χ0) is 11.5. The van der Waals surface area contributed by atoms with E-state index >= 15 is 0 Å². The highest BCUT2D eigenvalue weighted by molar-refractivity contribution is 6.30. The quantitative estimate of drug-likeness (QED) is 0.819. The lowest BCUT2D eigenvalue weighted by atomic mass is 10.3. The Morgan fingerprint density at radius 3 is 2.62 bits per heavy atom. The van der Waals surface area contributed by atoms with E-state index in [1.165, 1.54) is 24.5 Å². The van der Waals surface area contributed by atoms with Gasteiger partial charge in [-0.25, -0.2) is 14.4 Å². The highest BCUT2D eigenvalue weighted by Crippen LogP contribution is 2.25. The van der Waals surface area contributed by atoms with E-state index in [-0.39, 0.29) is 11.8 Å². The van der Waals surface area contributed by atoms with Gasteiger partial charge >= 0.3 is 6.01 Å². The lowest BCUT2D eigenvalue weighted by Crippen LogP contribution is -1.95. The Balaban J connectivity index is 2.26. The molecule has 0 saturated heterocycles. The number of anilines is 1. The summed E-state index contributed by atoms with van der Waals surface area (Å²) in [5.74, 6) is -0.277. The van der Waals surface area contributed by atoms with Crippen molar-refractivity contribution in [3.05, 3.63) is 41.4 Å². The zero-order valence-electron chi connectivity index (χ0n) is 8.02. The van der Waals surface area contributed by atoms with E-state index in [0.717, 1.165) is 6.07 Å². The number of aromatic nitrogens is 2. The molecule has 1 aromatic carbocycles. The monoisotopic (exact) mass is 239 g/mol. The predicted octanol–water partition coefficient (Wildman–Crippen LogP) is 2.64. The van der Waals surface area contributed by atoms with Crippen LogP contribution >= 0.6 is 11.6 Å². The first kappa shape index (κ1) is 10.6. The Bertz CT molecular complexity index is 504. The summed E-state index contributed by atoms with van der Waals surface area (Å²) in [6, 6.07) is 3.86. The van der Waals surface area contributed by atoms with Gasteiger partial charge in [0.1, 0.15) is 5.82 Å². The molecule has 16 heavy (non-hydrogen) atoms. The smallest absolute Gasteiger partial charge is 0.322 e. The van der Waals surface area contributed by atoms with Gasteiger partial charge in [0, 0.05) is 6.07 Å². The molecule has 0 atom stereocenters. The second kappa shape index (κ2) is 4.32. The minimum absolute atomic E-state index is 0.0571. The third-order valence-corrected chi connectivity index (χ3v) is 1.97. The molecule has 0 saturated carbocycles. The van der Waals surface area contributed by atoms with Crippen LogP contribution in [-0.2, 0) is 0 Å². The first-order valence-electron chi connectivity index (χ1n) is 4.35. The number of hydrogen-bond donors (Lipinski definition) is 1. The minimum atomic E-state index is -0.446. The van der Waals surface area contributed by atoms with E-state index in [4.69, 9.17) is 22.1 Å². The van der Waals surface area contributed by atoms with Crippen molar-refractivity contribution >= 4 is 17.3 Å². The zero-order valence-corrected chi connectivity index (χ0v) is 8.78. The Morgan fingerprint density at radius 2 is 1.94 bits per heavy atom. The fourth-order valence-electron chi connectivity index (χ4n) is 1.05. The summed E-state index contributed by atoms with van der Waals surface area (Å²) in [4.78, 5) is 7.60. The molecular weight excluding hydrogens is 233 g/mol. The fourth-order valence-corrected chi connectivity index (χ4v) is 1.15. The Morgan fingerprint density at radius 1 is 1.25 bits per heavy atom. The maximum Gasteiger partial charge on any atom is 0.322 e. The summed E-state index contributed by atoms with van der Waals surface area (Å²) < 4.78 is 18.1. The molecule has 0 bridgehead atoms. The average molecular weight is 240 g/mol. The van der Waals surface area contributed by atoms with Gasteiger partial charge in [-0.15, -0.1) is 0 Å². The van der Waals surface area contributed by atoms with E-state index in [1.54, 1.807) is 0 Å². The van der Waals surface area contributed by atoms with Crippen molar-refractivity contribution in [2.24, 2.45) is 0 Å². The second-order valence-electron chi connectivity index (χ2n) is 2.97. The van der Waals surface area contributed by atoms with Gasteiger partial charge in [-0.2, -0.15) is 0 Å².